The van der Waals surface area contributed by atoms with E-state index in [2.05, 4.69) is 29.2 Å². The Morgan fingerprint density at radius 2 is 2.12 bits per heavy atom. The van der Waals surface area contributed by atoms with Crippen LogP contribution in [-0.2, 0) is 14.4 Å². The number of aryl methyl sites for hydroxylation is 1. The van der Waals surface area contributed by atoms with E-state index < -0.39 is 0 Å². The molecular weight excluding hydrogens is 320 g/mol. The molecule has 3 N–H and O–H groups in total. The Morgan fingerprint density at radius 3 is 2.80 bits per heavy atom. The number of hydrogen-bond donors (Lipinski definition) is 2. The second kappa shape index (κ2) is 9.39. The zero-order valence-electron chi connectivity index (χ0n) is 15.2. The summed E-state index contributed by atoms with van der Waals surface area (Å²) in [7, 11) is 0. The summed E-state index contributed by atoms with van der Waals surface area (Å²) in [6, 6.07) is 5.99. The van der Waals surface area contributed by atoms with E-state index in [-0.39, 0.29) is 12.5 Å². The molecule has 0 unspecified atom stereocenters. The number of para-hydroxylation sites is 1. The number of anilines is 1. The van der Waals surface area contributed by atoms with Crippen LogP contribution in [-0.4, -0.2) is 56.1 Å². The third-order valence-electron chi connectivity index (χ3n) is 4.06. The number of rotatable bonds is 7. The number of carbonyl (C=O) groups is 1. The largest absolute Gasteiger partial charge is 0.384 e. The fourth-order valence-electron chi connectivity index (χ4n) is 2.71. The molecule has 138 valence electrons. The molecule has 1 aliphatic heterocycles. The molecule has 0 aliphatic carbocycles. The number of amidine groups is 1. The van der Waals surface area contributed by atoms with E-state index in [9.17, 15) is 4.79 Å². The molecule has 0 bridgehead atoms. The molecular formula is C18H28N4O3. The van der Waals surface area contributed by atoms with E-state index in [1.54, 1.807) is 0 Å². The van der Waals surface area contributed by atoms with Crippen LogP contribution in [0.1, 0.15) is 30.9 Å². The number of oxime groups is 1. The summed E-state index contributed by atoms with van der Waals surface area (Å²) in [5, 5.41) is 6.75. The Hall–Kier alpha value is -2.12. The van der Waals surface area contributed by atoms with Crippen molar-refractivity contribution in [1.82, 2.24) is 4.90 Å². The number of ether oxygens (including phenoxy) is 1. The molecule has 1 fully saturated rings. The van der Waals surface area contributed by atoms with E-state index >= 15 is 0 Å². The first-order valence-electron chi connectivity index (χ1n) is 8.61. The first-order valence-corrected chi connectivity index (χ1v) is 8.61. The van der Waals surface area contributed by atoms with Crippen molar-refractivity contribution in [3.05, 3.63) is 29.3 Å². The molecule has 0 aromatic heterocycles. The first-order chi connectivity index (χ1) is 12.0. The summed E-state index contributed by atoms with van der Waals surface area (Å²) >= 11 is 0. The van der Waals surface area contributed by atoms with Gasteiger partial charge in [0.25, 0.3) is 5.91 Å². The standard InChI is InChI=1S/C18H28N4O3/c1-13(2)15-6-4-5-14(3)18(15)20-17(23)12-25-21-16(19)11-22-7-9-24-10-8-22/h4-6,13H,7-12H2,1-3H3,(H2,19,21)(H,20,23). The first kappa shape index (κ1) is 19.2. The lowest BCUT2D eigenvalue weighted by molar-refractivity contribution is -0.120. The van der Waals surface area contributed by atoms with Crippen molar-refractivity contribution in [1.29, 1.82) is 0 Å². The number of nitrogens with zero attached hydrogens (tertiary/aromatic N) is 2. The highest BCUT2D eigenvalue weighted by Crippen LogP contribution is 2.27. The number of amides is 1. The molecule has 1 aromatic carbocycles. The van der Waals surface area contributed by atoms with Crippen LogP contribution < -0.4 is 11.1 Å². The van der Waals surface area contributed by atoms with Crippen LogP contribution in [0.25, 0.3) is 0 Å². The summed E-state index contributed by atoms with van der Waals surface area (Å²) < 4.78 is 5.28. The van der Waals surface area contributed by atoms with E-state index in [4.69, 9.17) is 15.3 Å². The highest BCUT2D eigenvalue weighted by atomic mass is 16.6. The highest BCUT2D eigenvalue weighted by Gasteiger charge is 2.13. The Morgan fingerprint density at radius 1 is 1.40 bits per heavy atom. The molecule has 1 heterocycles. The van der Waals surface area contributed by atoms with Crippen LogP contribution in [0.5, 0.6) is 0 Å². The van der Waals surface area contributed by atoms with Gasteiger partial charge in [0.05, 0.1) is 19.8 Å². The minimum absolute atomic E-state index is 0.171. The van der Waals surface area contributed by atoms with Gasteiger partial charge in [-0.2, -0.15) is 0 Å². The molecule has 0 spiro atoms. The molecule has 1 saturated heterocycles. The Labute approximate surface area is 149 Å². The van der Waals surface area contributed by atoms with Crippen molar-refractivity contribution < 1.29 is 14.4 Å². The molecule has 0 atom stereocenters. The van der Waals surface area contributed by atoms with Crippen molar-refractivity contribution in [2.24, 2.45) is 10.9 Å². The van der Waals surface area contributed by atoms with Gasteiger partial charge in [0.1, 0.15) is 0 Å². The second-order valence-electron chi connectivity index (χ2n) is 6.49. The van der Waals surface area contributed by atoms with Crippen LogP contribution in [0.4, 0.5) is 5.69 Å². The predicted octanol–water partition coefficient (Wildman–Crippen LogP) is 1.68. The molecule has 7 heteroatoms. The molecule has 1 aliphatic rings. The second-order valence-corrected chi connectivity index (χ2v) is 6.49. The molecule has 1 aromatic rings. The molecule has 0 radical (unpaired) electrons. The Kier molecular flexibility index (Phi) is 7.21. The van der Waals surface area contributed by atoms with Gasteiger partial charge < -0.3 is 20.6 Å². The lowest BCUT2D eigenvalue weighted by atomic mass is 9.98. The fraction of sp³-hybridized carbons (Fsp3) is 0.556. The molecule has 0 saturated carbocycles. The smallest absolute Gasteiger partial charge is 0.265 e. The van der Waals surface area contributed by atoms with E-state index in [0.29, 0.717) is 31.5 Å². The normalized spacial score (nSPS) is 16.1. The SMILES string of the molecule is Cc1cccc(C(C)C)c1NC(=O)CO/N=C(/N)CN1CCOCC1. The minimum Gasteiger partial charge on any atom is -0.384 e. The lowest BCUT2D eigenvalue weighted by Gasteiger charge is -2.25. The van der Waals surface area contributed by atoms with Gasteiger partial charge >= 0.3 is 0 Å². The molecule has 25 heavy (non-hydrogen) atoms. The summed E-state index contributed by atoms with van der Waals surface area (Å²) in [5.74, 6) is 0.422. The van der Waals surface area contributed by atoms with Crippen molar-refractivity contribution in [3.8, 4) is 0 Å². The maximum atomic E-state index is 12.1. The molecule has 2 rings (SSSR count). The number of morpholine rings is 1. The zero-order chi connectivity index (χ0) is 18.2. The number of nitrogens with one attached hydrogen (secondary N) is 1. The van der Waals surface area contributed by atoms with Crippen LogP contribution in [0, 0.1) is 6.92 Å². The minimum atomic E-state index is -0.251. The summed E-state index contributed by atoms with van der Waals surface area (Å²) in [6.07, 6.45) is 0. The van der Waals surface area contributed by atoms with E-state index in [1.807, 2.05) is 25.1 Å². The van der Waals surface area contributed by atoms with Gasteiger partial charge in [0, 0.05) is 18.8 Å². The Balaban J connectivity index is 1.83. The van der Waals surface area contributed by atoms with Gasteiger partial charge in [-0.15, -0.1) is 0 Å². The van der Waals surface area contributed by atoms with Crippen LogP contribution >= 0.6 is 0 Å². The zero-order valence-corrected chi connectivity index (χ0v) is 15.2. The monoisotopic (exact) mass is 348 g/mol. The predicted molar refractivity (Wildman–Crippen MR) is 98.7 cm³/mol. The summed E-state index contributed by atoms with van der Waals surface area (Å²) in [4.78, 5) is 19.4. The van der Waals surface area contributed by atoms with Gasteiger partial charge in [0.15, 0.2) is 12.4 Å². The number of carbonyl (C=O) groups excluding carboxylic acids is 1. The average molecular weight is 348 g/mol. The summed E-state index contributed by atoms with van der Waals surface area (Å²) in [6.45, 7) is 9.55. The van der Waals surface area contributed by atoms with Crippen molar-refractivity contribution >= 4 is 17.4 Å². The Bertz CT molecular complexity index is 610. The van der Waals surface area contributed by atoms with E-state index in [0.717, 1.165) is 29.9 Å². The maximum absolute atomic E-state index is 12.1. The van der Waals surface area contributed by atoms with Crippen LogP contribution in [0.2, 0.25) is 0 Å². The summed E-state index contributed by atoms with van der Waals surface area (Å²) in [5.41, 5.74) is 8.81. The van der Waals surface area contributed by atoms with Gasteiger partial charge in [0.2, 0.25) is 0 Å². The highest BCUT2D eigenvalue weighted by molar-refractivity contribution is 5.93. The number of hydrogen-bond acceptors (Lipinski definition) is 5. The average Bonchev–Trinajstić information content (AvgIpc) is 2.57. The number of benzene rings is 1. The molecule has 1 amide bonds. The van der Waals surface area contributed by atoms with Gasteiger partial charge in [-0.05, 0) is 24.0 Å². The van der Waals surface area contributed by atoms with Crippen molar-refractivity contribution in [2.45, 2.75) is 26.7 Å². The number of nitrogens with two attached hydrogens (primary N) is 1. The third kappa shape index (κ3) is 6.03. The van der Waals surface area contributed by atoms with Crippen LogP contribution in [0.3, 0.4) is 0 Å². The van der Waals surface area contributed by atoms with Crippen molar-refractivity contribution in [2.75, 3.05) is 44.8 Å². The third-order valence-corrected chi connectivity index (χ3v) is 4.06. The van der Waals surface area contributed by atoms with Crippen molar-refractivity contribution in [3.63, 3.8) is 0 Å². The van der Waals surface area contributed by atoms with Gasteiger partial charge in [-0.1, -0.05) is 37.2 Å². The quantitative estimate of drug-likeness (QED) is 0.444. The fourth-order valence-corrected chi connectivity index (χ4v) is 2.71. The van der Waals surface area contributed by atoms with Gasteiger partial charge in [-0.3, -0.25) is 9.69 Å². The van der Waals surface area contributed by atoms with E-state index in [1.165, 1.54) is 0 Å². The lowest BCUT2D eigenvalue weighted by Crippen LogP contribution is -2.41. The van der Waals surface area contributed by atoms with Gasteiger partial charge in [-0.25, -0.2) is 0 Å². The topological polar surface area (TPSA) is 89.2 Å². The van der Waals surface area contributed by atoms with Crippen LogP contribution in [0.15, 0.2) is 23.4 Å². The maximum Gasteiger partial charge on any atom is 0.265 e. The molecule has 7 nitrogen and oxygen atoms in total.